The van der Waals surface area contributed by atoms with Crippen molar-refractivity contribution in [1.82, 2.24) is 10.2 Å². The Bertz CT molecular complexity index is 799. The number of ether oxygens (including phenoxy) is 1. The van der Waals surface area contributed by atoms with Gasteiger partial charge >= 0.3 is 5.97 Å². The van der Waals surface area contributed by atoms with Crippen molar-refractivity contribution in [3.8, 4) is 0 Å². The predicted molar refractivity (Wildman–Crippen MR) is 107 cm³/mol. The largest absolute Gasteiger partial charge is 0.455 e. The molecule has 0 radical (unpaired) electrons. The second-order valence-corrected chi connectivity index (χ2v) is 7.80. The lowest BCUT2D eigenvalue weighted by Crippen LogP contribution is -2.41. The lowest BCUT2D eigenvalue weighted by Gasteiger charge is -2.30. The van der Waals surface area contributed by atoms with E-state index in [9.17, 15) is 14.4 Å². The van der Waals surface area contributed by atoms with Crippen LogP contribution in [0.15, 0.2) is 47.8 Å². The number of rotatable bonds is 6. The topological polar surface area (TPSA) is 75.7 Å². The Balaban J connectivity index is 1.39. The number of hydrogen-bond acceptors (Lipinski definition) is 5. The molecule has 1 aromatic heterocycles. The van der Waals surface area contributed by atoms with Crippen molar-refractivity contribution in [3.05, 3.63) is 58.3 Å². The van der Waals surface area contributed by atoms with Gasteiger partial charge in [-0.3, -0.25) is 14.4 Å². The maximum absolute atomic E-state index is 12.3. The first-order chi connectivity index (χ1) is 13.5. The molecule has 1 saturated heterocycles. The predicted octanol–water partition coefficient (Wildman–Crippen LogP) is 3.02. The van der Waals surface area contributed by atoms with E-state index in [4.69, 9.17) is 4.74 Å². The highest BCUT2D eigenvalue weighted by Crippen LogP contribution is 2.21. The van der Waals surface area contributed by atoms with Gasteiger partial charge in [0.2, 0.25) is 0 Å². The molecule has 28 heavy (non-hydrogen) atoms. The van der Waals surface area contributed by atoms with Crippen LogP contribution < -0.4 is 5.32 Å². The molecule has 1 aliphatic rings. The van der Waals surface area contributed by atoms with Crippen molar-refractivity contribution >= 4 is 29.1 Å². The Morgan fingerprint density at radius 1 is 1.14 bits per heavy atom. The molecule has 1 aliphatic heterocycles. The van der Waals surface area contributed by atoms with Crippen molar-refractivity contribution in [2.24, 2.45) is 5.92 Å². The first kappa shape index (κ1) is 20.1. The highest BCUT2D eigenvalue weighted by atomic mass is 32.1. The van der Waals surface area contributed by atoms with Gasteiger partial charge in [0.1, 0.15) is 0 Å². The Hall–Kier alpha value is -2.67. The molecule has 1 atom stereocenters. The minimum absolute atomic E-state index is 0.0103. The average molecular weight is 401 g/mol. The summed E-state index contributed by atoms with van der Waals surface area (Å²) in [6.07, 6.45) is 1.11. The second-order valence-electron chi connectivity index (χ2n) is 6.85. The number of carbonyl (C=O) groups is 3. The Kier molecular flexibility index (Phi) is 6.81. The summed E-state index contributed by atoms with van der Waals surface area (Å²) in [5.41, 5.74) is 0.991. The minimum Gasteiger partial charge on any atom is -0.455 e. The van der Waals surface area contributed by atoms with Gasteiger partial charge in [-0.15, -0.1) is 11.3 Å². The summed E-state index contributed by atoms with van der Waals surface area (Å²) in [5.74, 6) is -0.955. The average Bonchev–Trinajstić information content (AvgIpc) is 3.27. The summed E-state index contributed by atoms with van der Waals surface area (Å²) in [7, 11) is 0. The van der Waals surface area contributed by atoms with Gasteiger partial charge in [0.25, 0.3) is 11.8 Å². The maximum Gasteiger partial charge on any atom is 0.309 e. The smallest absolute Gasteiger partial charge is 0.309 e. The number of thiophene rings is 1. The van der Waals surface area contributed by atoms with Crippen LogP contribution >= 0.6 is 11.3 Å². The summed E-state index contributed by atoms with van der Waals surface area (Å²) >= 11 is 1.42. The van der Waals surface area contributed by atoms with E-state index in [1.165, 1.54) is 11.3 Å². The molecule has 2 aromatic rings. The summed E-state index contributed by atoms with van der Waals surface area (Å²) < 4.78 is 5.20. The van der Waals surface area contributed by atoms with Gasteiger partial charge in [0.05, 0.1) is 16.8 Å². The first-order valence-corrected chi connectivity index (χ1v) is 10.3. The minimum atomic E-state index is -0.370. The molecule has 0 aliphatic carbocycles. The van der Waals surface area contributed by atoms with E-state index in [1.54, 1.807) is 4.90 Å². The molecule has 0 spiro atoms. The van der Waals surface area contributed by atoms with Crippen LogP contribution in [0.2, 0.25) is 0 Å². The number of carbonyl (C=O) groups excluding carboxylic acids is 3. The van der Waals surface area contributed by atoms with E-state index in [0.717, 1.165) is 5.56 Å². The monoisotopic (exact) mass is 400 g/mol. The van der Waals surface area contributed by atoms with Gasteiger partial charge in [0.15, 0.2) is 6.61 Å². The van der Waals surface area contributed by atoms with Crippen LogP contribution in [0.25, 0.3) is 0 Å². The highest BCUT2D eigenvalue weighted by Gasteiger charge is 2.29. The third kappa shape index (κ3) is 5.19. The molecule has 148 valence electrons. The van der Waals surface area contributed by atoms with Crippen molar-refractivity contribution in [1.29, 1.82) is 0 Å². The summed E-state index contributed by atoms with van der Waals surface area (Å²) in [6, 6.07) is 13.1. The number of hydrogen-bond donors (Lipinski definition) is 1. The fourth-order valence-electron chi connectivity index (χ4n) is 3.24. The van der Waals surface area contributed by atoms with E-state index in [0.29, 0.717) is 30.8 Å². The summed E-state index contributed by atoms with van der Waals surface area (Å²) in [4.78, 5) is 39.1. The zero-order valence-corrected chi connectivity index (χ0v) is 16.6. The fourth-order valence-corrected chi connectivity index (χ4v) is 3.93. The lowest BCUT2D eigenvalue weighted by molar-refractivity contribution is -0.154. The van der Waals surface area contributed by atoms with Crippen LogP contribution in [-0.2, 0) is 14.3 Å². The number of piperidine rings is 1. The quantitative estimate of drug-likeness (QED) is 0.757. The normalized spacial score (nSPS) is 15.7. The Morgan fingerprint density at radius 3 is 2.50 bits per heavy atom. The number of esters is 1. The van der Waals surface area contributed by atoms with Crippen molar-refractivity contribution in [3.63, 3.8) is 0 Å². The molecule has 0 saturated carbocycles. The van der Waals surface area contributed by atoms with E-state index in [1.807, 2.05) is 54.8 Å². The Labute approximate surface area is 168 Å². The van der Waals surface area contributed by atoms with Crippen LogP contribution in [0.5, 0.6) is 0 Å². The van der Waals surface area contributed by atoms with Crippen molar-refractivity contribution < 1.29 is 19.1 Å². The number of benzene rings is 1. The van der Waals surface area contributed by atoms with Gasteiger partial charge in [-0.25, -0.2) is 0 Å². The van der Waals surface area contributed by atoms with Crippen LogP contribution in [0.4, 0.5) is 0 Å². The zero-order chi connectivity index (χ0) is 19.9. The van der Waals surface area contributed by atoms with E-state index in [-0.39, 0.29) is 36.4 Å². The van der Waals surface area contributed by atoms with E-state index in [2.05, 4.69) is 5.32 Å². The van der Waals surface area contributed by atoms with Crippen LogP contribution in [-0.4, -0.2) is 42.4 Å². The molecular weight excluding hydrogens is 376 g/mol. The molecule has 6 nitrogen and oxygen atoms in total. The van der Waals surface area contributed by atoms with Gasteiger partial charge in [-0.1, -0.05) is 36.4 Å². The SMILES string of the molecule is C[C@H](NC(=O)COC(=O)C1CCN(C(=O)c2cccs2)CC1)c1ccccc1. The molecule has 3 rings (SSSR count). The van der Waals surface area contributed by atoms with Crippen molar-refractivity contribution in [2.75, 3.05) is 19.7 Å². The molecule has 0 unspecified atom stereocenters. The molecule has 1 aromatic carbocycles. The van der Waals surface area contributed by atoms with Crippen molar-refractivity contribution in [2.45, 2.75) is 25.8 Å². The number of nitrogens with one attached hydrogen (secondary N) is 1. The molecule has 7 heteroatoms. The number of likely N-dealkylation sites (tertiary alicyclic amines) is 1. The highest BCUT2D eigenvalue weighted by molar-refractivity contribution is 7.12. The van der Waals surface area contributed by atoms with E-state index < -0.39 is 0 Å². The standard InChI is InChI=1S/C21H24N2O4S/c1-15(16-6-3-2-4-7-16)22-19(24)14-27-21(26)17-9-11-23(12-10-17)20(25)18-8-5-13-28-18/h2-8,13,15,17H,9-12,14H2,1H3,(H,22,24)/t15-/m0/s1. The second kappa shape index (κ2) is 9.50. The van der Waals surface area contributed by atoms with Crippen LogP contribution in [0.3, 0.4) is 0 Å². The fraction of sp³-hybridized carbons (Fsp3) is 0.381. The van der Waals surface area contributed by atoms with Crippen LogP contribution in [0.1, 0.15) is 41.0 Å². The third-order valence-corrected chi connectivity index (χ3v) is 5.73. The molecule has 0 bridgehead atoms. The lowest BCUT2D eigenvalue weighted by atomic mass is 9.97. The Morgan fingerprint density at radius 2 is 1.86 bits per heavy atom. The van der Waals surface area contributed by atoms with E-state index >= 15 is 0 Å². The maximum atomic E-state index is 12.3. The molecule has 2 heterocycles. The third-order valence-electron chi connectivity index (χ3n) is 4.87. The molecule has 2 amide bonds. The van der Waals surface area contributed by atoms with Gasteiger partial charge < -0.3 is 15.0 Å². The molecule has 1 N–H and O–H groups in total. The number of nitrogens with zero attached hydrogens (tertiary/aromatic N) is 1. The zero-order valence-electron chi connectivity index (χ0n) is 15.8. The van der Waals surface area contributed by atoms with Crippen LogP contribution in [0, 0.1) is 5.92 Å². The van der Waals surface area contributed by atoms with Gasteiger partial charge in [-0.2, -0.15) is 0 Å². The van der Waals surface area contributed by atoms with Gasteiger partial charge in [0, 0.05) is 13.1 Å². The first-order valence-electron chi connectivity index (χ1n) is 9.38. The summed E-state index contributed by atoms with van der Waals surface area (Å²) in [6.45, 7) is 2.64. The molecular formula is C21H24N2O4S. The summed E-state index contributed by atoms with van der Waals surface area (Å²) in [5, 5.41) is 4.70. The van der Waals surface area contributed by atoms with Gasteiger partial charge in [-0.05, 0) is 36.8 Å². The number of amides is 2. The molecule has 1 fully saturated rings.